The number of aliphatic imine (C=N–C) groups is 1. The first kappa shape index (κ1) is 20.9. The Morgan fingerprint density at radius 2 is 1.95 bits per heavy atom. The van der Waals surface area contributed by atoms with Gasteiger partial charge in [-0.25, -0.2) is 0 Å². The van der Waals surface area contributed by atoms with Gasteiger partial charge in [0.05, 0.1) is 13.2 Å². The van der Waals surface area contributed by atoms with Crippen molar-refractivity contribution in [3.63, 3.8) is 0 Å². The molecule has 0 heterocycles. The Balaban J connectivity index is 0.00000400. The minimum atomic E-state index is 0. The van der Waals surface area contributed by atoms with Crippen LogP contribution in [0.4, 0.5) is 0 Å². The summed E-state index contributed by atoms with van der Waals surface area (Å²) in [4.78, 5) is 6.83. The summed E-state index contributed by atoms with van der Waals surface area (Å²) < 4.78 is 5.08. The molecule has 0 radical (unpaired) electrons. The number of nitrogens with two attached hydrogens (primary N) is 1. The van der Waals surface area contributed by atoms with Crippen LogP contribution >= 0.6 is 24.0 Å². The molecular formula is C15H33IN4O. The quantitative estimate of drug-likeness (QED) is 0.382. The molecule has 0 aliphatic heterocycles. The van der Waals surface area contributed by atoms with E-state index in [1.807, 2.05) is 6.92 Å². The van der Waals surface area contributed by atoms with Crippen LogP contribution in [0.5, 0.6) is 0 Å². The predicted octanol–water partition coefficient (Wildman–Crippen LogP) is 2.05. The Bertz CT molecular complexity index is 293. The number of nitrogens with zero attached hydrogens (tertiary/aromatic N) is 2. The maximum atomic E-state index is 5.95. The van der Waals surface area contributed by atoms with E-state index < -0.39 is 0 Å². The van der Waals surface area contributed by atoms with Crippen molar-refractivity contribution in [3.05, 3.63) is 0 Å². The first-order valence-electron chi connectivity index (χ1n) is 7.76. The number of methoxy groups -OCH3 is 1. The zero-order chi connectivity index (χ0) is 15.0. The molecule has 1 aliphatic carbocycles. The van der Waals surface area contributed by atoms with E-state index in [-0.39, 0.29) is 30.0 Å². The van der Waals surface area contributed by atoms with Gasteiger partial charge in [0, 0.05) is 19.2 Å². The Hall–Kier alpha value is -0.0800. The monoisotopic (exact) mass is 412 g/mol. The molecule has 6 heteroatoms. The number of guanidine groups is 1. The van der Waals surface area contributed by atoms with Crippen molar-refractivity contribution in [1.29, 1.82) is 0 Å². The number of likely N-dealkylation sites (N-methyl/N-ethyl adjacent to an activating group) is 1. The van der Waals surface area contributed by atoms with Gasteiger partial charge in [-0.15, -0.1) is 24.0 Å². The van der Waals surface area contributed by atoms with Crippen LogP contribution in [-0.4, -0.2) is 57.3 Å². The van der Waals surface area contributed by atoms with Gasteiger partial charge in [0.1, 0.15) is 0 Å². The molecule has 21 heavy (non-hydrogen) atoms. The first-order valence-corrected chi connectivity index (χ1v) is 7.76. The zero-order valence-corrected chi connectivity index (χ0v) is 16.3. The molecule has 1 rings (SSSR count). The van der Waals surface area contributed by atoms with Crippen molar-refractivity contribution in [2.24, 2.45) is 16.6 Å². The fourth-order valence-corrected chi connectivity index (χ4v) is 3.03. The molecule has 3 N–H and O–H groups in total. The van der Waals surface area contributed by atoms with Crippen molar-refractivity contribution in [2.45, 2.75) is 51.1 Å². The van der Waals surface area contributed by atoms with Crippen LogP contribution in [0.3, 0.4) is 0 Å². The molecule has 1 saturated carbocycles. The highest BCUT2D eigenvalue weighted by Crippen LogP contribution is 2.28. The highest BCUT2D eigenvalue weighted by molar-refractivity contribution is 14.0. The van der Waals surface area contributed by atoms with Crippen molar-refractivity contribution < 1.29 is 4.74 Å². The molecule has 2 atom stereocenters. The Morgan fingerprint density at radius 1 is 1.33 bits per heavy atom. The van der Waals surface area contributed by atoms with Gasteiger partial charge >= 0.3 is 0 Å². The largest absolute Gasteiger partial charge is 0.383 e. The molecule has 0 aromatic rings. The lowest BCUT2D eigenvalue weighted by molar-refractivity contribution is 0.174. The average molecular weight is 412 g/mol. The van der Waals surface area contributed by atoms with E-state index >= 15 is 0 Å². The second-order valence-electron chi connectivity index (χ2n) is 6.16. The Kier molecular flexibility index (Phi) is 11.4. The number of hydrogen-bond acceptors (Lipinski definition) is 3. The lowest BCUT2D eigenvalue weighted by atomic mass is 9.83. The van der Waals surface area contributed by atoms with Crippen molar-refractivity contribution in [1.82, 2.24) is 10.2 Å². The van der Waals surface area contributed by atoms with Crippen LogP contribution in [0, 0.1) is 5.92 Å². The fraction of sp³-hybridized carbons (Fsp3) is 0.933. The fourth-order valence-electron chi connectivity index (χ4n) is 3.03. The smallest absolute Gasteiger partial charge is 0.188 e. The number of nitrogens with one attached hydrogen (secondary N) is 1. The molecule has 0 aromatic carbocycles. The molecule has 126 valence electrons. The Morgan fingerprint density at radius 3 is 2.48 bits per heavy atom. The average Bonchev–Trinajstić information content (AvgIpc) is 2.40. The minimum Gasteiger partial charge on any atom is -0.383 e. The van der Waals surface area contributed by atoms with E-state index in [1.165, 1.54) is 32.1 Å². The van der Waals surface area contributed by atoms with E-state index in [4.69, 9.17) is 10.5 Å². The van der Waals surface area contributed by atoms with Gasteiger partial charge in [0.25, 0.3) is 0 Å². The molecule has 0 aromatic heterocycles. The van der Waals surface area contributed by atoms with Crippen LogP contribution in [-0.2, 0) is 4.74 Å². The predicted molar refractivity (Wildman–Crippen MR) is 100 cm³/mol. The van der Waals surface area contributed by atoms with Crippen LogP contribution in [0.2, 0.25) is 0 Å². The second-order valence-corrected chi connectivity index (χ2v) is 6.16. The highest BCUT2D eigenvalue weighted by Gasteiger charge is 2.25. The van der Waals surface area contributed by atoms with Crippen LogP contribution in [0.15, 0.2) is 4.99 Å². The van der Waals surface area contributed by atoms with Crippen molar-refractivity contribution >= 4 is 29.9 Å². The number of rotatable bonds is 7. The molecule has 5 nitrogen and oxygen atoms in total. The van der Waals surface area contributed by atoms with Crippen LogP contribution < -0.4 is 11.1 Å². The van der Waals surface area contributed by atoms with Crippen molar-refractivity contribution in [3.8, 4) is 0 Å². The zero-order valence-electron chi connectivity index (χ0n) is 14.0. The van der Waals surface area contributed by atoms with Crippen LogP contribution in [0.1, 0.15) is 39.0 Å². The number of ether oxygens (including phenoxy) is 1. The van der Waals surface area contributed by atoms with E-state index in [2.05, 4.69) is 29.3 Å². The van der Waals surface area contributed by atoms with Gasteiger partial charge in [-0.2, -0.15) is 0 Å². The van der Waals surface area contributed by atoms with E-state index in [9.17, 15) is 0 Å². The summed E-state index contributed by atoms with van der Waals surface area (Å²) in [6.07, 6.45) is 6.75. The molecule has 0 saturated heterocycles. The lowest BCUT2D eigenvalue weighted by Crippen LogP contribution is -2.43. The molecule has 0 bridgehead atoms. The SMILES string of the molecule is COCC(C)NC(N)=NCC(C1CCCCC1)N(C)C.I. The van der Waals surface area contributed by atoms with E-state index in [0.717, 1.165) is 12.5 Å². The number of hydrogen-bond donors (Lipinski definition) is 2. The minimum absolute atomic E-state index is 0. The van der Waals surface area contributed by atoms with Crippen molar-refractivity contribution in [2.75, 3.05) is 34.4 Å². The molecule has 2 unspecified atom stereocenters. The molecular weight excluding hydrogens is 379 g/mol. The normalized spacial score (nSPS) is 20.0. The topological polar surface area (TPSA) is 62.9 Å². The summed E-state index contributed by atoms with van der Waals surface area (Å²) in [7, 11) is 5.98. The third-order valence-electron chi connectivity index (χ3n) is 4.12. The molecule has 1 fully saturated rings. The summed E-state index contributed by atoms with van der Waals surface area (Å²) in [6.45, 7) is 3.45. The van der Waals surface area contributed by atoms with Gasteiger partial charge in [-0.3, -0.25) is 4.99 Å². The Labute approximate surface area is 147 Å². The summed E-state index contributed by atoms with van der Waals surface area (Å²) >= 11 is 0. The maximum absolute atomic E-state index is 5.95. The molecule has 0 amide bonds. The van der Waals surface area contributed by atoms with Crippen LogP contribution in [0.25, 0.3) is 0 Å². The van der Waals surface area contributed by atoms with Gasteiger partial charge in [-0.1, -0.05) is 19.3 Å². The van der Waals surface area contributed by atoms with Gasteiger partial charge in [0.2, 0.25) is 0 Å². The van der Waals surface area contributed by atoms with Gasteiger partial charge in [0.15, 0.2) is 5.96 Å². The number of halogens is 1. The second kappa shape index (κ2) is 11.5. The van der Waals surface area contributed by atoms with E-state index in [0.29, 0.717) is 18.6 Å². The maximum Gasteiger partial charge on any atom is 0.188 e. The van der Waals surface area contributed by atoms with E-state index in [1.54, 1.807) is 7.11 Å². The summed E-state index contributed by atoms with van der Waals surface area (Å²) in [5.74, 6) is 1.28. The highest BCUT2D eigenvalue weighted by atomic mass is 127. The summed E-state index contributed by atoms with van der Waals surface area (Å²) in [5, 5.41) is 3.16. The first-order chi connectivity index (χ1) is 9.54. The third-order valence-corrected chi connectivity index (χ3v) is 4.12. The third kappa shape index (κ3) is 8.21. The standard InChI is InChI=1S/C15H32N4O.HI/c1-12(11-20-4)18-15(16)17-10-14(19(2)3)13-8-6-5-7-9-13;/h12-14H,5-11H2,1-4H3,(H3,16,17,18);1H. The van der Waals surface area contributed by atoms with Gasteiger partial charge < -0.3 is 20.7 Å². The molecule has 0 spiro atoms. The molecule has 1 aliphatic rings. The summed E-state index contributed by atoms with van der Waals surface area (Å²) in [5.41, 5.74) is 5.95. The van der Waals surface area contributed by atoms with Gasteiger partial charge in [-0.05, 0) is 39.8 Å². The lowest BCUT2D eigenvalue weighted by Gasteiger charge is -2.34. The summed E-state index contributed by atoms with van der Waals surface area (Å²) in [6, 6.07) is 0.685.